The quantitative estimate of drug-likeness (QED) is 0.640. The van der Waals surface area contributed by atoms with Crippen LogP contribution in [0.3, 0.4) is 0 Å². The van der Waals surface area contributed by atoms with Crippen LogP contribution in [0.2, 0.25) is 0 Å². The van der Waals surface area contributed by atoms with Gasteiger partial charge in [-0.05, 0) is 38.3 Å². The molecule has 1 saturated carbocycles. The van der Waals surface area contributed by atoms with Gasteiger partial charge in [0, 0.05) is 6.61 Å². The van der Waals surface area contributed by atoms with Crippen LogP contribution in [0.5, 0.6) is 0 Å². The first-order valence-electron chi connectivity index (χ1n) is 4.64. The Morgan fingerprint density at radius 3 is 2.45 bits per heavy atom. The second-order valence-electron chi connectivity index (χ2n) is 3.54. The summed E-state index contributed by atoms with van der Waals surface area (Å²) in [5.74, 6) is 1.29. The predicted octanol–water partition coefficient (Wildman–Crippen LogP) is 1.00. The van der Waals surface area contributed by atoms with Crippen LogP contribution >= 0.6 is 0 Å². The highest BCUT2D eigenvalue weighted by molar-refractivity contribution is 4.75. The van der Waals surface area contributed by atoms with E-state index in [1.54, 1.807) is 0 Å². The summed E-state index contributed by atoms with van der Waals surface area (Å²) >= 11 is 0. The van der Waals surface area contributed by atoms with Crippen molar-refractivity contribution in [2.75, 3.05) is 20.2 Å². The Hall–Kier alpha value is -0.0800. The molecular weight excluding hydrogens is 138 g/mol. The Kier molecular flexibility index (Phi) is 3.87. The van der Waals surface area contributed by atoms with E-state index >= 15 is 0 Å². The van der Waals surface area contributed by atoms with Crippen LogP contribution in [0, 0.1) is 11.8 Å². The lowest BCUT2D eigenvalue weighted by Gasteiger charge is -2.29. The fraction of sp³-hybridized carbons (Fsp3) is 1.00. The van der Waals surface area contributed by atoms with Gasteiger partial charge in [-0.1, -0.05) is 12.8 Å². The molecule has 0 aliphatic heterocycles. The SMILES string of the molecule is CNCC1CCCCC1CO. The highest BCUT2D eigenvalue weighted by Gasteiger charge is 2.23. The number of aliphatic hydroxyl groups excluding tert-OH is 1. The molecule has 0 aromatic heterocycles. The minimum absolute atomic E-state index is 0.381. The third-order valence-electron chi connectivity index (χ3n) is 2.77. The summed E-state index contributed by atoms with van der Waals surface area (Å²) < 4.78 is 0. The Labute approximate surface area is 69.0 Å². The molecule has 1 rings (SSSR count). The normalized spacial score (nSPS) is 32.2. The van der Waals surface area contributed by atoms with Gasteiger partial charge in [-0.3, -0.25) is 0 Å². The molecular formula is C9H19NO. The van der Waals surface area contributed by atoms with E-state index in [9.17, 15) is 0 Å². The third-order valence-corrected chi connectivity index (χ3v) is 2.77. The summed E-state index contributed by atoms with van der Waals surface area (Å²) in [5, 5.41) is 12.3. The average Bonchev–Trinajstić information content (AvgIpc) is 2.06. The summed E-state index contributed by atoms with van der Waals surface area (Å²) in [6, 6.07) is 0. The molecule has 0 radical (unpaired) electrons. The Morgan fingerprint density at radius 2 is 1.91 bits per heavy atom. The van der Waals surface area contributed by atoms with E-state index in [-0.39, 0.29) is 0 Å². The molecule has 2 heteroatoms. The maximum absolute atomic E-state index is 9.06. The minimum Gasteiger partial charge on any atom is -0.396 e. The monoisotopic (exact) mass is 157 g/mol. The van der Waals surface area contributed by atoms with Crippen molar-refractivity contribution < 1.29 is 5.11 Å². The summed E-state index contributed by atoms with van der Waals surface area (Å²) in [5.41, 5.74) is 0. The zero-order valence-corrected chi connectivity index (χ0v) is 7.34. The van der Waals surface area contributed by atoms with Crippen molar-refractivity contribution in [1.82, 2.24) is 5.32 Å². The Bertz CT molecular complexity index is 104. The van der Waals surface area contributed by atoms with E-state index in [1.165, 1.54) is 25.7 Å². The molecule has 0 aromatic rings. The van der Waals surface area contributed by atoms with Crippen LogP contribution in [0.15, 0.2) is 0 Å². The smallest absolute Gasteiger partial charge is 0.0462 e. The minimum atomic E-state index is 0.381. The lowest BCUT2D eigenvalue weighted by molar-refractivity contribution is 0.134. The first-order valence-corrected chi connectivity index (χ1v) is 4.64. The van der Waals surface area contributed by atoms with Gasteiger partial charge < -0.3 is 10.4 Å². The summed E-state index contributed by atoms with van der Waals surface area (Å²) in [6.45, 7) is 1.46. The van der Waals surface area contributed by atoms with Crippen molar-refractivity contribution in [2.24, 2.45) is 11.8 Å². The van der Waals surface area contributed by atoms with Gasteiger partial charge in [-0.15, -0.1) is 0 Å². The number of nitrogens with one attached hydrogen (secondary N) is 1. The molecule has 0 saturated heterocycles. The molecule has 11 heavy (non-hydrogen) atoms. The predicted molar refractivity (Wildman–Crippen MR) is 46.5 cm³/mol. The van der Waals surface area contributed by atoms with E-state index in [0.29, 0.717) is 12.5 Å². The molecule has 2 N–H and O–H groups in total. The van der Waals surface area contributed by atoms with Gasteiger partial charge in [0.25, 0.3) is 0 Å². The molecule has 1 aliphatic carbocycles. The third kappa shape index (κ3) is 2.46. The number of hydrogen-bond acceptors (Lipinski definition) is 2. The van der Waals surface area contributed by atoms with E-state index in [1.807, 2.05) is 7.05 Å². The van der Waals surface area contributed by atoms with Crippen molar-refractivity contribution in [3.05, 3.63) is 0 Å². The maximum Gasteiger partial charge on any atom is 0.0462 e. The van der Waals surface area contributed by atoms with Gasteiger partial charge in [-0.2, -0.15) is 0 Å². The molecule has 0 amide bonds. The summed E-state index contributed by atoms with van der Waals surface area (Å²) in [4.78, 5) is 0. The number of hydrogen-bond donors (Lipinski definition) is 2. The van der Waals surface area contributed by atoms with Crippen LogP contribution in [-0.2, 0) is 0 Å². The van der Waals surface area contributed by atoms with Crippen molar-refractivity contribution in [3.8, 4) is 0 Å². The average molecular weight is 157 g/mol. The molecule has 1 aliphatic rings. The zero-order valence-electron chi connectivity index (χ0n) is 7.34. The van der Waals surface area contributed by atoms with Crippen molar-refractivity contribution in [3.63, 3.8) is 0 Å². The summed E-state index contributed by atoms with van der Waals surface area (Å²) in [7, 11) is 1.99. The summed E-state index contributed by atoms with van der Waals surface area (Å²) in [6.07, 6.45) is 5.18. The Balaban J connectivity index is 2.31. The van der Waals surface area contributed by atoms with Gasteiger partial charge in [0.2, 0.25) is 0 Å². The fourth-order valence-electron chi connectivity index (χ4n) is 2.06. The first kappa shape index (κ1) is 9.01. The molecule has 2 atom stereocenters. The molecule has 0 aromatic carbocycles. The maximum atomic E-state index is 9.06. The van der Waals surface area contributed by atoms with Gasteiger partial charge in [0.05, 0.1) is 0 Å². The van der Waals surface area contributed by atoms with Gasteiger partial charge in [-0.25, -0.2) is 0 Å². The zero-order chi connectivity index (χ0) is 8.10. The Morgan fingerprint density at radius 1 is 1.27 bits per heavy atom. The first-order chi connectivity index (χ1) is 5.38. The molecule has 0 bridgehead atoms. The van der Waals surface area contributed by atoms with Crippen molar-refractivity contribution in [2.45, 2.75) is 25.7 Å². The molecule has 0 heterocycles. The lowest BCUT2D eigenvalue weighted by Crippen LogP contribution is -2.30. The van der Waals surface area contributed by atoms with E-state index in [0.717, 1.165) is 12.5 Å². The molecule has 0 spiro atoms. The van der Waals surface area contributed by atoms with Crippen LogP contribution < -0.4 is 5.32 Å². The standard InChI is InChI=1S/C9H19NO/c1-10-6-8-4-2-3-5-9(8)7-11/h8-11H,2-7H2,1H3. The largest absolute Gasteiger partial charge is 0.396 e. The van der Waals surface area contributed by atoms with Crippen LogP contribution in [0.4, 0.5) is 0 Å². The lowest BCUT2D eigenvalue weighted by atomic mass is 9.80. The van der Waals surface area contributed by atoms with Gasteiger partial charge in [0.15, 0.2) is 0 Å². The molecule has 1 fully saturated rings. The van der Waals surface area contributed by atoms with E-state index in [2.05, 4.69) is 5.32 Å². The van der Waals surface area contributed by atoms with E-state index < -0.39 is 0 Å². The van der Waals surface area contributed by atoms with Gasteiger partial charge in [0.1, 0.15) is 0 Å². The van der Waals surface area contributed by atoms with Crippen LogP contribution in [-0.4, -0.2) is 25.3 Å². The van der Waals surface area contributed by atoms with Gasteiger partial charge >= 0.3 is 0 Å². The second kappa shape index (κ2) is 4.73. The van der Waals surface area contributed by atoms with E-state index in [4.69, 9.17) is 5.11 Å². The molecule has 2 nitrogen and oxygen atoms in total. The van der Waals surface area contributed by atoms with Crippen molar-refractivity contribution in [1.29, 1.82) is 0 Å². The highest BCUT2D eigenvalue weighted by atomic mass is 16.3. The van der Waals surface area contributed by atoms with Crippen molar-refractivity contribution >= 4 is 0 Å². The highest BCUT2D eigenvalue weighted by Crippen LogP contribution is 2.28. The second-order valence-corrected chi connectivity index (χ2v) is 3.54. The topological polar surface area (TPSA) is 32.3 Å². The van der Waals surface area contributed by atoms with Crippen LogP contribution in [0.1, 0.15) is 25.7 Å². The fourth-order valence-corrected chi connectivity index (χ4v) is 2.06. The number of rotatable bonds is 3. The molecule has 2 unspecified atom stereocenters. The molecule has 66 valence electrons. The number of aliphatic hydroxyl groups is 1. The van der Waals surface area contributed by atoms with Crippen LogP contribution in [0.25, 0.3) is 0 Å².